The Morgan fingerprint density at radius 2 is 1.68 bits per heavy atom. The molecule has 1 aliphatic rings. The summed E-state index contributed by atoms with van der Waals surface area (Å²) in [4.78, 5) is 24.0. The molecule has 0 spiro atoms. The van der Waals surface area contributed by atoms with Crippen molar-refractivity contribution in [2.24, 2.45) is 0 Å². The van der Waals surface area contributed by atoms with Gasteiger partial charge in [-0.3, -0.25) is 9.59 Å². The van der Waals surface area contributed by atoms with Crippen LogP contribution in [0.3, 0.4) is 0 Å². The molecule has 0 bridgehead atoms. The van der Waals surface area contributed by atoms with Crippen LogP contribution < -0.4 is 15.4 Å². The van der Waals surface area contributed by atoms with Crippen molar-refractivity contribution < 1.29 is 14.3 Å². The van der Waals surface area contributed by atoms with Gasteiger partial charge in [0.05, 0.1) is 0 Å². The number of carbonyl (C=O) groups excluding carboxylic acids is 2. The number of anilines is 1. The number of hydrogen-bond acceptors (Lipinski definition) is 3. The number of carbonyl (C=O) groups is 2. The summed E-state index contributed by atoms with van der Waals surface area (Å²) in [5, 5.41) is 5.71. The van der Waals surface area contributed by atoms with E-state index in [0.717, 1.165) is 29.7 Å². The molecule has 0 saturated heterocycles. The van der Waals surface area contributed by atoms with Crippen molar-refractivity contribution >= 4 is 17.5 Å². The smallest absolute Gasteiger partial charge is 0.262 e. The second-order valence-corrected chi connectivity index (χ2v) is 6.38. The van der Waals surface area contributed by atoms with Gasteiger partial charge in [0, 0.05) is 17.3 Å². The summed E-state index contributed by atoms with van der Waals surface area (Å²) in [6.45, 7) is 3.84. The van der Waals surface area contributed by atoms with E-state index < -0.39 is 0 Å². The molecule has 0 atom stereocenters. The Morgan fingerprint density at radius 3 is 2.28 bits per heavy atom. The Bertz CT molecular complexity index is 760. The lowest BCUT2D eigenvalue weighted by Gasteiger charge is -2.12. The first kappa shape index (κ1) is 17.0. The topological polar surface area (TPSA) is 67.4 Å². The van der Waals surface area contributed by atoms with Crippen LogP contribution in [-0.2, 0) is 4.79 Å². The zero-order valence-electron chi connectivity index (χ0n) is 14.5. The minimum absolute atomic E-state index is 0.0599. The summed E-state index contributed by atoms with van der Waals surface area (Å²) in [5.74, 6) is 0.432. The maximum atomic E-state index is 12.1. The molecule has 2 amide bonds. The highest BCUT2D eigenvalue weighted by molar-refractivity contribution is 5.96. The number of ether oxygens (including phenoxy) is 1. The molecule has 1 saturated carbocycles. The lowest BCUT2D eigenvalue weighted by molar-refractivity contribution is -0.118. The Balaban J connectivity index is 1.53. The predicted octanol–water partition coefficient (Wildman–Crippen LogP) is 3.21. The number of nitrogens with one attached hydrogen (secondary N) is 2. The van der Waals surface area contributed by atoms with Crippen LogP contribution in [0.4, 0.5) is 5.69 Å². The molecule has 2 aromatic rings. The number of aryl methyl sites for hydroxylation is 2. The molecule has 2 N–H and O–H groups in total. The van der Waals surface area contributed by atoms with Crippen LogP contribution in [0.15, 0.2) is 42.5 Å². The van der Waals surface area contributed by atoms with Gasteiger partial charge in [0.15, 0.2) is 6.61 Å². The summed E-state index contributed by atoms with van der Waals surface area (Å²) < 4.78 is 5.64. The molecule has 25 heavy (non-hydrogen) atoms. The summed E-state index contributed by atoms with van der Waals surface area (Å²) in [6.07, 6.45) is 2.11. The third-order valence-corrected chi connectivity index (χ3v) is 4.10. The Morgan fingerprint density at radius 1 is 1.04 bits per heavy atom. The summed E-state index contributed by atoms with van der Waals surface area (Å²) in [6, 6.07) is 13.0. The predicted molar refractivity (Wildman–Crippen MR) is 97.0 cm³/mol. The second kappa shape index (κ2) is 7.38. The van der Waals surface area contributed by atoms with Gasteiger partial charge in [0.25, 0.3) is 11.8 Å². The molecule has 0 aromatic heterocycles. The van der Waals surface area contributed by atoms with Crippen molar-refractivity contribution in [2.75, 3.05) is 11.9 Å². The minimum Gasteiger partial charge on any atom is -0.483 e. The second-order valence-electron chi connectivity index (χ2n) is 6.38. The molecule has 1 aliphatic carbocycles. The van der Waals surface area contributed by atoms with Crippen molar-refractivity contribution in [3.8, 4) is 5.75 Å². The van der Waals surface area contributed by atoms with E-state index in [2.05, 4.69) is 10.6 Å². The van der Waals surface area contributed by atoms with E-state index in [0.29, 0.717) is 17.3 Å². The van der Waals surface area contributed by atoms with Crippen LogP contribution in [0.5, 0.6) is 5.75 Å². The SMILES string of the molecule is Cc1cccc(C)c1OCC(=O)Nc1ccc(C(=O)NC2CC2)cc1. The normalized spacial score (nSPS) is 13.2. The van der Waals surface area contributed by atoms with Crippen molar-refractivity contribution in [1.82, 2.24) is 5.32 Å². The molecule has 0 unspecified atom stereocenters. The summed E-state index contributed by atoms with van der Waals surface area (Å²) in [7, 11) is 0. The van der Waals surface area contributed by atoms with Crippen LogP contribution in [0.2, 0.25) is 0 Å². The maximum absolute atomic E-state index is 12.1. The van der Waals surface area contributed by atoms with Gasteiger partial charge in [-0.25, -0.2) is 0 Å². The van der Waals surface area contributed by atoms with E-state index in [1.54, 1.807) is 24.3 Å². The Labute approximate surface area is 147 Å². The van der Waals surface area contributed by atoms with Crippen LogP contribution >= 0.6 is 0 Å². The molecular formula is C20H22N2O3. The van der Waals surface area contributed by atoms with Crippen molar-refractivity contribution in [2.45, 2.75) is 32.7 Å². The third-order valence-electron chi connectivity index (χ3n) is 4.10. The van der Waals surface area contributed by atoms with Crippen molar-refractivity contribution in [3.63, 3.8) is 0 Å². The molecule has 5 nitrogen and oxygen atoms in total. The third kappa shape index (κ3) is 4.59. The van der Waals surface area contributed by atoms with Gasteiger partial charge in [0.1, 0.15) is 5.75 Å². The van der Waals surface area contributed by atoms with E-state index in [-0.39, 0.29) is 18.4 Å². The number of rotatable bonds is 6. The first-order chi connectivity index (χ1) is 12.0. The molecule has 130 valence electrons. The standard InChI is InChI=1S/C20H22N2O3/c1-13-4-3-5-14(2)19(13)25-12-18(23)21-16-8-6-15(7-9-16)20(24)22-17-10-11-17/h3-9,17H,10-12H2,1-2H3,(H,21,23)(H,22,24). The van der Waals surface area contributed by atoms with Crippen LogP contribution in [-0.4, -0.2) is 24.5 Å². The minimum atomic E-state index is -0.238. The number of hydrogen-bond donors (Lipinski definition) is 2. The van der Waals surface area contributed by atoms with Gasteiger partial charge in [-0.1, -0.05) is 18.2 Å². The fourth-order valence-corrected chi connectivity index (χ4v) is 2.56. The number of amides is 2. The van der Waals surface area contributed by atoms with Crippen LogP contribution in [0.1, 0.15) is 34.3 Å². The number of para-hydroxylation sites is 1. The first-order valence-electron chi connectivity index (χ1n) is 8.43. The molecule has 3 rings (SSSR count). The highest BCUT2D eigenvalue weighted by Gasteiger charge is 2.23. The van der Waals surface area contributed by atoms with Crippen LogP contribution in [0, 0.1) is 13.8 Å². The van der Waals surface area contributed by atoms with Gasteiger partial charge in [-0.2, -0.15) is 0 Å². The summed E-state index contributed by atoms with van der Waals surface area (Å²) >= 11 is 0. The molecule has 5 heteroatoms. The molecule has 1 fully saturated rings. The van der Waals surface area contributed by atoms with Gasteiger partial charge >= 0.3 is 0 Å². The largest absolute Gasteiger partial charge is 0.483 e. The quantitative estimate of drug-likeness (QED) is 0.850. The zero-order valence-corrected chi connectivity index (χ0v) is 14.5. The van der Waals surface area contributed by atoms with E-state index in [9.17, 15) is 9.59 Å². The van der Waals surface area contributed by atoms with E-state index in [4.69, 9.17) is 4.74 Å². The molecular weight excluding hydrogens is 316 g/mol. The average molecular weight is 338 g/mol. The molecule has 0 radical (unpaired) electrons. The molecule has 0 heterocycles. The van der Waals surface area contributed by atoms with E-state index in [1.807, 2.05) is 32.0 Å². The molecule has 0 aliphatic heterocycles. The zero-order chi connectivity index (χ0) is 17.8. The van der Waals surface area contributed by atoms with Crippen LogP contribution in [0.25, 0.3) is 0 Å². The lowest BCUT2D eigenvalue weighted by atomic mass is 10.1. The fraction of sp³-hybridized carbons (Fsp3) is 0.300. The van der Waals surface area contributed by atoms with Crippen molar-refractivity contribution in [1.29, 1.82) is 0 Å². The molecule has 2 aromatic carbocycles. The van der Waals surface area contributed by atoms with Gasteiger partial charge in [0.2, 0.25) is 0 Å². The Hall–Kier alpha value is -2.82. The highest BCUT2D eigenvalue weighted by Crippen LogP contribution is 2.22. The summed E-state index contributed by atoms with van der Waals surface area (Å²) in [5.41, 5.74) is 3.23. The van der Waals surface area contributed by atoms with Gasteiger partial charge in [-0.05, 0) is 62.1 Å². The van der Waals surface area contributed by atoms with Gasteiger partial charge < -0.3 is 15.4 Å². The Kier molecular flexibility index (Phi) is 5.03. The lowest BCUT2D eigenvalue weighted by Crippen LogP contribution is -2.25. The van der Waals surface area contributed by atoms with E-state index >= 15 is 0 Å². The fourth-order valence-electron chi connectivity index (χ4n) is 2.56. The van der Waals surface area contributed by atoms with Gasteiger partial charge in [-0.15, -0.1) is 0 Å². The highest BCUT2D eigenvalue weighted by atomic mass is 16.5. The maximum Gasteiger partial charge on any atom is 0.262 e. The van der Waals surface area contributed by atoms with E-state index in [1.165, 1.54) is 0 Å². The first-order valence-corrected chi connectivity index (χ1v) is 8.43. The monoisotopic (exact) mass is 338 g/mol. The number of benzene rings is 2. The van der Waals surface area contributed by atoms with Crippen molar-refractivity contribution in [3.05, 3.63) is 59.2 Å². The average Bonchev–Trinajstić information content (AvgIpc) is 3.39.